The number of halogens is 1. The minimum absolute atomic E-state index is 0.0769. The van der Waals surface area contributed by atoms with Gasteiger partial charge in [-0.25, -0.2) is 0 Å². The van der Waals surface area contributed by atoms with E-state index in [9.17, 15) is 14.9 Å². The van der Waals surface area contributed by atoms with Crippen LogP contribution in [0.25, 0.3) is 6.08 Å². The molecular weight excluding hydrogens is 326 g/mol. The van der Waals surface area contributed by atoms with Gasteiger partial charge in [0.25, 0.3) is 0 Å². The number of ketones is 1. The first-order chi connectivity index (χ1) is 9.47. The molecule has 0 saturated carbocycles. The van der Waals surface area contributed by atoms with E-state index in [0.29, 0.717) is 0 Å². The Hall–Kier alpha value is -2.21. The summed E-state index contributed by atoms with van der Waals surface area (Å²) in [7, 11) is 0. The van der Waals surface area contributed by atoms with Crippen LogP contribution in [0.2, 0.25) is 0 Å². The molecule has 0 aliphatic heterocycles. The summed E-state index contributed by atoms with van der Waals surface area (Å²) in [4.78, 5) is 21.8. The third-order valence-electron chi connectivity index (χ3n) is 2.58. The monoisotopic (exact) mass is 335 g/mol. The minimum Gasteiger partial charge on any atom is -0.397 e. The number of carbonyl (C=O) groups excluding carboxylic acids is 1. The fourth-order valence-corrected chi connectivity index (χ4v) is 2.00. The predicted octanol–water partition coefficient (Wildman–Crippen LogP) is 4.11. The fraction of sp³-hybridized carbons (Fsp3) is 0.0714. The van der Waals surface area contributed by atoms with E-state index in [2.05, 4.69) is 15.9 Å². The Bertz CT molecular complexity index is 685. The fourth-order valence-electron chi connectivity index (χ4n) is 1.54. The third-order valence-corrected chi connectivity index (χ3v) is 3.17. The van der Waals surface area contributed by atoms with E-state index in [-0.39, 0.29) is 10.2 Å². The molecule has 102 valence electrons. The molecule has 0 spiro atoms. The SMILES string of the molecule is Cc1ccc(/C=C(\Br)C(=O)c2ccc([N+](=O)[O-])o2)cc1. The summed E-state index contributed by atoms with van der Waals surface area (Å²) in [6.45, 7) is 1.97. The zero-order valence-electron chi connectivity index (χ0n) is 10.5. The van der Waals surface area contributed by atoms with E-state index in [4.69, 9.17) is 4.42 Å². The molecule has 0 radical (unpaired) electrons. The number of nitro groups is 1. The molecule has 0 saturated heterocycles. The zero-order chi connectivity index (χ0) is 14.7. The molecule has 0 bridgehead atoms. The summed E-state index contributed by atoms with van der Waals surface area (Å²) in [5.41, 5.74) is 1.96. The Balaban J connectivity index is 2.23. The van der Waals surface area contributed by atoms with E-state index < -0.39 is 16.6 Å². The summed E-state index contributed by atoms with van der Waals surface area (Å²) < 4.78 is 5.13. The highest BCUT2D eigenvalue weighted by Crippen LogP contribution is 2.22. The smallest absolute Gasteiger partial charge is 0.397 e. The summed E-state index contributed by atoms with van der Waals surface area (Å²) in [6, 6.07) is 10.0. The second-order valence-electron chi connectivity index (χ2n) is 4.13. The topological polar surface area (TPSA) is 73.3 Å². The highest BCUT2D eigenvalue weighted by molar-refractivity contribution is 9.12. The van der Waals surface area contributed by atoms with Crippen LogP contribution in [-0.2, 0) is 0 Å². The molecule has 1 heterocycles. The molecular formula is C14H10BrNO4. The first kappa shape index (κ1) is 14.2. The zero-order valence-corrected chi connectivity index (χ0v) is 12.1. The van der Waals surface area contributed by atoms with Gasteiger partial charge in [-0.05, 0) is 40.6 Å². The lowest BCUT2D eigenvalue weighted by Crippen LogP contribution is -1.96. The van der Waals surface area contributed by atoms with Gasteiger partial charge in [0.1, 0.15) is 4.92 Å². The van der Waals surface area contributed by atoms with Gasteiger partial charge in [0.05, 0.1) is 10.5 Å². The predicted molar refractivity (Wildman–Crippen MR) is 77.8 cm³/mol. The van der Waals surface area contributed by atoms with Crippen molar-refractivity contribution in [1.82, 2.24) is 0 Å². The molecule has 0 N–H and O–H groups in total. The lowest BCUT2D eigenvalue weighted by Gasteiger charge is -1.98. The summed E-state index contributed by atoms with van der Waals surface area (Å²) in [5.74, 6) is -0.977. The molecule has 6 heteroatoms. The van der Waals surface area contributed by atoms with Crippen molar-refractivity contribution in [1.29, 1.82) is 0 Å². The number of allylic oxidation sites excluding steroid dienone is 1. The van der Waals surface area contributed by atoms with Gasteiger partial charge in [-0.1, -0.05) is 29.8 Å². The van der Waals surface area contributed by atoms with E-state index in [1.54, 1.807) is 6.08 Å². The lowest BCUT2D eigenvalue weighted by molar-refractivity contribution is -0.402. The summed E-state index contributed by atoms with van der Waals surface area (Å²) >= 11 is 3.16. The van der Waals surface area contributed by atoms with Gasteiger partial charge in [-0.15, -0.1) is 0 Å². The number of Topliss-reactive ketones (excluding diaryl/α,β-unsaturated/α-hetero) is 1. The molecule has 20 heavy (non-hydrogen) atoms. The normalized spacial score (nSPS) is 11.4. The first-order valence-corrected chi connectivity index (χ1v) is 6.49. The summed E-state index contributed by atoms with van der Waals surface area (Å²) in [6.07, 6.45) is 1.64. The molecule has 0 atom stereocenters. The number of aryl methyl sites for hydroxylation is 1. The average molecular weight is 336 g/mol. The molecule has 1 aromatic carbocycles. The van der Waals surface area contributed by atoms with Gasteiger partial charge in [0.15, 0.2) is 5.76 Å². The van der Waals surface area contributed by atoms with Crippen molar-refractivity contribution in [2.45, 2.75) is 6.92 Å². The second-order valence-corrected chi connectivity index (χ2v) is 4.98. The van der Waals surface area contributed by atoms with Crippen LogP contribution in [-0.4, -0.2) is 10.7 Å². The molecule has 1 aromatic heterocycles. The maximum absolute atomic E-state index is 12.0. The van der Waals surface area contributed by atoms with Crippen LogP contribution in [0.4, 0.5) is 5.88 Å². The van der Waals surface area contributed by atoms with Gasteiger partial charge < -0.3 is 4.42 Å². The standard InChI is InChI=1S/C14H10BrNO4/c1-9-2-4-10(5-3-9)8-11(15)14(17)12-6-7-13(20-12)16(18)19/h2-8H,1H3/b11-8-. The van der Waals surface area contributed by atoms with Gasteiger partial charge in [0.2, 0.25) is 5.78 Å². The van der Waals surface area contributed by atoms with E-state index >= 15 is 0 Å². The molecule has 2 aromatic rings. The molecule has 0 amide bonds. The van der Waals surface area contributed by atoms with Crippen molar-refractivity contribution in [2.75, 3.05) is 0 Å². The van der Waals surface area contributed by atoms with E-state index in [1.165, 1.54) is 6.07 Å². The lowest BCUT2D eigenvalue weighted by atomic mass is 10.1. The first-order valence-electron chi connectivity index (χ1n) is 5.70. The van der Waals surface area contributed by atoms with Crippen LogP contribution in [0.1, 0.15) is 21.7 Å². The Kier molecular flexibility index (Phi) is 4.14. The maximum Gasteiger partial charge on any atom is 0.433 e. The van der Waals surface area contributed by atoms with Gasteiger partial charge in [0, 0.05) is 0 Å². The van der Waals surface area contributed by atoms with Crippen molar-refractivity contribution in [3.05, 3.63) is 67.9 Å². The Labute approximate surface area is 123 Å². The Morgan fingerprint density at radius 3 is 2.45 bits per heavy atom. The van der Waals surface area contributed by atoms with Crippen molar-refractivity contribution in [3.63, 3.8) is 0 Å². The Morgan fingerprint density at radius 2 is 1.90 bits per heavy atom. The summed E-state index contributed by atoms with van der Waals surface area (Å²) in [5, 5.41) is 10.5. The van der Waals surface area contributed by atoms with Crippen LogP contribution in [0.15, 0.2) is 45.3 Å². The highest BCUT2D eigenvalue weighted by Gasteiger charge is 2.19. The highest BCUT2D eigenvalue weighted by atomic mass is 79.9. The minimum atomic E-state index is -0.686. The van der Waals surface area contributed by atoms with E-state index in [0.717, 1.165) is 17.2 Å². The van der Waals surface area contributed by atoms with Crippen LogP contribution in [0, 0.1) is 17.0 Å². The molecule has 5 nitrogen and oxygen atoms in total. The number of carbonyl (C=O) groups is 1. The third kappa shape index (κ3) is 3.21. The van der Waals surface area contributed by atoms with E-state index in [1.807, 2.05) is 31.2 Å². The number of hydrogen-bond acceptors (Lipinski definition) is 4. The largest absolute Gasteiger partial charge is 0.433 e. The molecule has 0 unspecified atom stereocenters. The van der Waals surface area contributed by atoms with Crippen LogP contribution in [0.3, 0.4) is 0 Å². The number of furan rings is 1. The number of rotatable bonds is 4. The number of hydrogen-bond donors (Lipinski definition) is 0. The van der Waals surface area contributed by atoms with Crippen molar-refractivity contribution >= 4 is 33.7 Å². The number of nitrogens with zero attached hydrogens (tertiary/aromatic N) is 1. The van der Waals surface area contributed by atoms with Gasteiger partial charge >= 0.3 is 5.88 Å². The second kappa shape index (κ2) is 5.83. The molecule has 2 rings (SSSR count). The van der Waals surface area contributed by atoms with Crippen LogP contribution < -0.4 is 0 Å². The van der Waals surface area contributed by atoms with Crippen LogP contribution in [0.5, 0.6) is 0 Å². The van der Waals surface area contributed by atoms with Crippen LogP contribution >= 0.6 is 15.9 Å². The number of benzene rings is 1. The molecule has 0 aliphatic carbocycles. The molecule has 0 fully saturated rings. The Morgan fingerprint density at radius 1 is 1.25 bits per heavy atom. The van der Waals surface area contributed by atoms with Crippen molar-refractivity contribution in [3.8, 4) is 0 Å². The quantitative estimate of drug-likeness (QED) is 0.364. The van der Waals surface area contributed by atoms with Crippen molar-refractivity contribution in [2.24, 2.45) is 0 Å². The van der Waals surface area contributed by atoms with Crippen molar-refractivity contribution < 1.29 is 14.1 Å². The molecule has 0 aliphatic rings. The van der Waals surface area contributed by atoms with Gasteiger partial charge in [-0.3, -0.25) is 14.9 Å². The average Bonchev–Trinajstić information content (AvgIpc) is 2.90. The maximum atomic E-state index is 12.0. The van der Waals surface area contributed by atoms with Gasteiger partial charge in [-0.2, -0.15) is 0 Å².